The van der Waals surface area contributed by atoms with Crippen LogP contribution in [-0.2, 0) is 6.54 Å². The maximum absolute atomic E-state index is 9.04. The molecule has 0 amide bonds. The first-order valence-electron chi connectivity index (χ1n) is 7.28. The number of aliphatic hydroxyl groups is 1. The topological polar surface area (TPSA) is 32.7 Å². The minimum absolute atomic E-state index is 0.336. The Morgan fingerprint density at radius 1 is 1.21 bits per heavy atom. The Morgan fingerprint density at radius 3 is 2.68 bits per heavy atom. The molecular formula is C16H25NO2. The third-order valence-electron chi connectivity index (χ3n) is 4.04. The third kappa shape index (κ3) is 4.51. The van der Waals surface area contributed by atoms with E-state index in [1.165, 1.54) is 31.4 Å². The maximum atomic E-state index is 9.04. The van der Waals surface area contributed by atoms with E-state index in [1.54, 1.807) is 7.11 Å². The first-order chi connectivity index (χ1) is 9.31. The lowest BCUT2D eigenvalue weighted by atomic mass is 9.98. The molecule has 19 heavy (non-hydrogen) atoms. The number of methoxy groups -OCH3 is 1. The summed E-state index contributed by atoms with van der Waals surface area (Å²) < 4.78 is 5.18. The summed E-state index contributed by atoms with van der Waals surface area (Å²) in [5.41, 5.74) is 1.35. The Kier molecular flexibility index (Phi) is 5.67. The van der Waals surface area contributed by atoms with E-state index in [4.69, 9.17) is 9.84 Å². The van der Waals surface area contributed by atoms with Crippen molar-refractivity contribution in [3.63, 3.8) is 0 Å². The van der Waals surface area contributed by atoms with Gasteiger partial charge < -0.3 is 9.84 Å². The van der Waals surface area contributed by atoms with Crippen LogP contribution in [-0.4, -0.2) is 36.8 Å². The van der Waals surface area contributed by atoms with Crippen molar-refractivity contribution in [2.24, 2.45) is 5.92 Å². The minimum Gasteiger partial charge on any atom is -0.497 e. The van der Waals surface area contributed by atoms with Crippen molar-refractivity contribution in [1.82, 2.24) is 4.90 Å². The fourth-order valence-corrected chi connectivity index (χ4v) is 2.84. The Balaban J connectivity index is 1.84. The highest BCUT2D eigenvalue weighted by molar-refractivity contribution is 5.27. The molecular weight excluding hydrogens is 238 g/mol. The molecule has 1 saturated heterocycles. The monoisotopic (exact) mass is 263 g/mol. The lowest BCUT2D eigenvalue weighted by Gasteiger charge is -2.20. The summed E-state index contributed by atoms with van der Waals surface area (Å²) in [4.78, 5) is 2.53. The minimum atomic E-state index is 0.336. The van der Waals surface area contributed by atoms with Gasteiger partial charge in [-0.15, -0.1) is 0 Å². The Labute approximate surface area is 116 Å². The predicted molar refractivity (Wildman–Crippen MR) is 77.3 cm³/mol. The van der Waals surface area contributed by atoms with E-state index in [1.807, 2.05) is 12.1 Å². The van der Waals surface area contributed by atoms with Crippen molar-refractivity contribution in [3.05, 3.63) is 29.8 Å². The molecule has 1 atom stereocenters. The van der Waals surface area contributed by atoms with Crippen LogP contribution in [0.1, 0.15) is 31.2 Å². The van der Waals surface area contributed by atoms with E-state index in [2.05, 4.69) is 17.0 Å². The zero-order valence-corrected chi connectivity index (χ0v) is 11.8. The standard InChI is InChI=1S/C16H25NO2/c1-19-16-6-4-15(5-7-16)13-17-10-2-3-14(8-11-17)9-12-18/h4-7,14,18H,2-3,8-13H2,1H3. The van der Waals surface area contributed by atoms with Gasteiger partial charge in [0.25, 0.3) is 0 Å². The molecule has 0 aromatic heterocycles. The molecule has 0 radical (unpaired) electrons. The zero-order chi connectivity index (χ0) is 13.5. The van der Waals surface area contributed by atoms with Crippen molar-refractivity contribution in [3.8, 4) is 5.75 Å². The molecule has 1 aromatic rings. The van der Waals surface area contributed by atoms with Gasteiger partial charge in [0.1, 0.15) is 5.75 Å². The van der Waals surface area contributed by atoms with E-state index in [0.29, 0.717) is 12.5 Å². The summed E-state index contributed by atoms with van der Waals surface area (Å²) >= 11 is 0. The highest BCUT2D eigenvalue weighted by atomic mass is 16.5. The first kappa shape index (κ1) is 14.4. The lowest BCUT2D eigenvalue weighted by molar-refractivity contribution is 0.240. The summed E-state index contributed by atoms with van der Waals surface area (Å²) in [5.74, 6) is 1.63. The van der Waals surface area contributed by atoms with Gasteiger partial charge in [0.2, 0.25) is 0 Å². The second-order valence-electron chi connectivity index (χ2n) is 5.43. The molecule has 1 unspecified atom stereocenters. The molecule has 1 N–H and O–H groups in total. The van der Waals surface area contributed by atoms with Crippen molar-refractivity contribution < 1.29 is 9.84 Å². The van der Waals surface area contributed by atoms with Crippen LogP contribution in [0.3, 0.4) is 0 Å². The van der Waals surface area contributed by atoms with Gasteiger partial charge in [-0.25, -0.2) is 0 Å². The van der Waals surface area contributed by atoms with Gasteiger partial charge >= 0.3 is 0 Å². The Hall–Kier alpha value is -1.06. The molecule has 1 fully saturated rings. The molecule has 2 rings (SSSR count). The van der Waals surface area contributed by atoms with E-state index >= 15 is 0 Å². The van der Waals surface area contributed by atoms with Crippen LogP contribution in [0.4, 0.5) is 0 Å². The van der Waals surface area contributed by atoms with Crippen molar-refractivity contribution >= 4 is 0 Å². The number of rotatable bonds is 5. The molecule has 0 bridgehead atoms. The molecule has 1 heterocycles. The smallest absolute Gasteiger partial charge is 0.118 e. The highest BCUT2D eigenvalue weighted by Crippen LogP contribution is 2.22. The van der Waals surface area contributed by atoms with Crippen LogP contribution in [0.2, 0.25) is 0 Å². The Morgan fingerprint density at radius 2 is 2.00 bits per heavy atom. The van der Waals surface area contributed by atoms with Gasteiger partial charge in [-0.3, -0.25) is 4.90 Å². The lowest BCUT2D eigenvalue weighted by Crippen LogP contribution is -2.24. The van der Waals surface area contributed by atoms with Crippen LogP contribution in [0.5, 0.6) is 5.75 Å². The van der Waals surface area contributed by atoms with Crippen molar-refractivity contribution in [2.75, 3.05) is 26.8 Å². The summed E-state index contributed by atoms with van der Waals surface area (Å²) in [6.07, 6.45) is 4.70. The third-order valence-corrected chi connectivity index (χ3v) is 4.04. The van der Waals surface area contributed by atoms with Gasteiger partial charge in [-0.1, -0.05) is 12.1 Å². The predicted octanol–water partition coefficient (Wildman–Crippen LogP) is 2.68. The van der Waals surface area contributed by atoms with Gasteiger partial charge in [0.05, 0.1) is 7.11 Å². The molecule has 3 heteroatoms. The molecule has 1 aliphatic rings. The van der Waals surface area contributed by atoms with Gasteiger partial charge in [-0.2, -0.15) is 0 Å². The molecule has 106 valence electrons. The second kappa shape index (κ2) is 7.51. The average Bonchev–Trinajstić information content (AvgIpc) is 2.66. The molecule has 0 aliphatic carbocycles. The first-order valence-corrected chi connectivity index (χ1v) is 7.28. The fraction of sp³-hybridized carbons (Fsp3) is 0.625. The van der Waals surface area contributed by atoms with E-state index in [-0.39, 0.29) is 0 Å². The SMILES string of the molecule is COc1ccc(CN2CCCC(CCO)CC2)cc1. The zero-order valence-electron chi connectivity index (χ0n) is 11.8. The molecule has 0 saturated carbocycles. The highest BCUT2D eigenvalue weighted by Gasteiger charge is 2.16. The number of likely N-dealkylation sites (tertiary alicyclic amines) is 1. The normalized spacial score (nSPS) is 21.1. The van der Waals surface area contributed by atoms with Gasteiger partial charge in [0.15, 0.2) is 0 Å². The molecule has 3 nitrogen and oxygen atoms in total. The molecule has 0 spiro atoms. The number of ether oxygens (including phenoxy) is 1. The van der Waals surface area contributed by atoms with E-state index < -0.39 is 0 Å². The van der Waals surface area contributed by atoms with Crippen LogP contribution in [0, 0.1) is 5.92 Å². The van der Waals surface area contributed by atoms with E-state index in [9.17, 15) is 0 Å². The van der Waals surface area contributed by atoms with Crippen molar-refractivity contribution in [2.45, 2.75) is 32.2 Å². The number of aliphatic hydroxyl groups excluding tert-OH is 1. The summed E-state index contributed by atoms with van der Waals surface area (Å²) in [7, 11) is 1.70. The van der Waals surface area contributed by atoms with Crippen LogP contribution in [0.25, 0.3) is 0 Å². The number of hydrogen-bond acceptors (Lipinski definition) is 3. The second-order valence-corrected chi connectivity index (χ2v) is 5.43. The largest absolute Gasteiger partial charge is 0.497 e. The van der Waals surface area contributed by atoms with Gasteiger partial charge in [0, 0.05) is 13.2 Å². The Bertz CT molecular complexity index is 364. The number of benzene rings is 1. The van der Waals surface area contributed by atoms with Crippen LogP contribution in [0.15, 0.2) is 24.3 Å². The summed E-state index contributed by atoms with van der Waals surface area (Å²) in [6, 6.07) is 8.35. The quantitative estimate of drug-likeness (QED) is 0.886. The summed E-state index contributed by atoms with van der Waals surface area (Å²) in [6.45, 7) is 3.68. The maximum Gasteiger partial charge on any atom is 0.118 e. The average molecular weight is 263 g/mol. The molecule has 1 aliphatic heterocycles. The fourth-order valence-electron chi connectivity index (χ4n) is 2.84. The number of hydrogen-bond donors (Lipinski definition) is 1. The van der Waals surface area contributed by atoms with Crippen LogP contribution >= 0.6 is 0 Å². The molecule has 1 aromatic carbocycles. The van der Waals surface area contributed by atoms with Crippen LogP contribution < -0.4 is 4.74 Å². The van der Waals surface area contributed by atoms with E-state index in [0.717, 1.165) is 25.3 Å². The van der Waals surface area contributed by atoms with Gasteiger partial charge in [-0.05, 0) is 62.4 Å². The number of nitrogens with zero attached hydrogens (tertiary/aromatic N) is 1. The van der Waals surface area contributed by atoms with Crippen molar-refractivity contribution in [1.29, 1.82) is 0 Å². The summed E-state index contributed by atoms with van der Waals surface area (Å²) in [5, 5.41) is 9.04.